The summed E-state index contributed by atoms with van der Waals surface area (Å²) in [5.74, 6) is 2.03. The number of rotatable bonds is 6. The Balaban J connectivity index is 2.96. The molecule has 18 heavy (non-hydrogen) atoms. The van der Waals surface area contributed by atoms with E-state index in [1.54, 1.807) is 0 Å². The zero-order chi connectivity index (χ0) is 13.8. The summed E-state index contributed by atoms with van der Waals surface area (Å²) >= 11 is 0. The lowest BCUT2D eigenvalue weighted by Crippen LogP contribution is -2.35. The van der Waals surface area contributed by atoms with Crippen molar-refractivity contribution in [3.8, 4) is 0 Å². The maximum atomic E-state index is 9.14. The van der Waals surface area contributed by atoms with Crippen molar-refractivity contribution in [1.82, 2.24) is 9.97 Å². The van der Waals surface area contributed by atoms with Crippen LogP contribution in [-0.4, -0.2) is 27.2 Å². The first kappa shape index (κ1) is 14.9. The summed E-state index contributed by atoms with van der Waals surface area (Å²) in [5, 5.41) is 12.6. The number of hydrogen-bond donors (Lipinski definition) is 2. The molecule has 0 bridgehead atoms. The number of aliphatic hydroxyl groups is 1. The highest BCUT2D eigenvalue weighted by Gasteiger charge is 2.22. The first-order valence-corrected chi connectivity index (χ1v) is 6.65. The molecule has 0 saturated heterocycles. The number of nitrogens with one attached hydrogen (secondary N) is 1. The van der Waals surface area contributed by atoms with E-state index in [1.165, 1.54) is 0 Å². The van der Waals surface area contributed by atoms with Gasteiger partial charge in [0, 0.05) is 29.8 Å². The maximum absolute atomic E-state index is 9.14. The SMILES string of the molecule is CCC(C)(CCO)Nc1cc(C)nc(C(C)C)n1. The molecule has 1 aromatic heterocycles. The van der Waals surface area contributed by atoms with Gasteiger partial charge in [0.2, 0.25) is 0 Å². The summed E-state index contributed by atoms with van der Waals surface area (Å²) in [6.45, 7) is 10.6. The fourth-order valence-corrected chi connectivity index (χ4v) is 1.80. The molecule has 0 aliphatic heterocycles. The van der Waals surface area contributed by atoms with Crippen molar-refractivity contribution in [2.45, 2.75) is 58.9 Å². The number of nitrogens with zero attached hydrogens (tertiary/aromatic N) is 2. The van der Waals surface area contributed by atoms with Gasteiger partial charge in [-0.15, -0.1) is 0 Å². The molecule has 4 nitrogen and oxygen atoms in total. The summed E-state index contributed by atoms with van der Waals surface area (Å²) in [7, 11) is 0. The van der Waals surface area contributed by atoms with Gasteiger partial charge in [-0.1, -0.05) is 20.8 Å². The van der Waals surface area contributed by atoms with E-state index in [9.17, 15) is 0 Å². The molecule has 1 atom stereocenters. The molecule has 4 heteroatoms. The van der Waals surface area contributed by atoms with Gasteiger partial charge < -0.3 is 10.4 Å². The monoisotopic (exact) mass is 251 g/mol. The van der Waals surface area contributed by atoms with E-state index in [-0.39, 0.29) is 12.1 Å². The molecule has 1 unspecified atom stereocenters. The molecular formula is C14H25N3O. The van der Waals surface area contributed by atoms with Crippen molar-refractivity contribution >= 4 is 5.82 Å². The van der Waals surface area contributed by atoms with Gasteiger partial charge in [0.05, 0.1) is 0 Å². The highest BCUT2D eigenvalue weighted by Crippen LogP contribution is 2.22. The molecule has 1 aromatic rings. The van der Waals surface area contributed by atoms with Crippen LogP contribution in [0, 0.1) is 6.92 Å². The largest absolute Gasteiger partial charge is 0.396 e. The highest BCUT2D eigenvalue weighted by atomic mass is 16.3. The second kappa shape index (κ2) is 6.14. The van der Waals surface area contributed by atoms with E-state index in [0.29, 0.717) is 12.3 Å². The third kappa shape index (κ3) is 3.95. The van der Waals surface area contributed by atoms with Gasteiger partial charge in [-0.3, -0.25) is 0 Å². The molecule has 2 N–H and O–H groups in total. The molecule has 102 valence electrons. The summed E-state index contributed by atoms with van der Waals surface area (Å²) < 4.78 is 0. The molecule has 0 aliphatic rings. The van der Waals surface area contributed by atoms with E-state index < -0.39 is 0 Å². The average molecular weight is 251 g/mol. The second-order valence-corrected chi connectivity index (χ2v) is 5.42. The lowest BCUT2D eigenvalue weighted by atomic mass is 9.95. The summed E-state index contributed by atoms with van der Waals surface area (Å²) in [5.41, 5.74) is 0.850. The van der Waals surface area contributed by atoms with Crippen LogP contribution in [0.15, 0.2) is 6.07 Å². The van der Waals surface area contributed by atoms with Crippen LogP contribution in [0.25, 0.3) is 0 Å². The number of aromatic nitrogens is 2. The normalized spacial score (nSPS) is 14.6. The minimum Gasteiger partial charge on any atom is -0.396 e. The zero-order valence-electron chi connectivity index (χ0n) is 12.1. The summed E-state index contributed by atoms with van der Waals surface area (Å²) in [6, 6.07) is 1.96. The van der Waals surface area contributed by atoms with Crippen LogP contribution < -0.4 is 5.32 Å². The first-order chi connectivity index (χ1) is 8.40. The van der Waals surface area contributed by atoms with Crippen LogP contribution >= 0.6 is 0 Å². The minimum absolute atomic E-state index is 0.121. The van der Waals surface area contributed by atoms with Crippen molar-refractivity contribution in [1.29, 1.82) is 0 Å². The first-order valence-electron chi connectivity index (χ1n) is 6.65. The van der Waals surface area contributed by atoms with E-state index in [0.717, 1.165) is 23.8 Å². The zero-order valence-corrected chi connectivity index (χ0v) is 12.1. The minimum atomic E-state index is -0.121. The summed E-state index contributed by atoms with van der Waals surface area (Å²) in [4.78, 5) is 8.98. The quantitative estimate of drug-likeness (QED) is 0.816. The Morgan fingerprint density at radius 3 is 2.56 bits per heavy atom. The molecule has 0 fully saturated rings. The Morgan fingerprint density at radius 1 is 1.39 bits per heavy atom. The van der Waals surface area contributed by atoms with E-state index in [2.05, 4.69) is 43.0 Å². The number of aliphatic hydroxyl groups excluding tert-OH is 1. The third-order valence-corrected chi connectivity index (χ3v) is 3.26. The molecule has 0 spiro atoms. The number of hydrogen-bond acceptors (Lipinski definition) is 4. The topological polar surface area (TPSA) is 58.0 Å². The van der Waals surface area contributed by atoms with Crippen molar-refractivity contribution in [2.24, 2.45) is 0 Å². The Kier molecular flexibility index (Phi) is 5.08. The number of aryl methyl sites for hydroxylation is 1. The molecule has 0 saturated carbocycles. The Bertz CT molecular complexity index is 393. The number of anilines is 1. The fourth-order valence-electron chi connectivity index (χ4n) is 1.80. The second-order valence-electron chi connectivity index (χ2n) is 5.42. The highest BCUT2D eigenvalue weighted by molar-refractivity contribution is 5.39. The van der Waals surface area contributed by atoms with Crippen molar-refractivity contribution in [2.75, 3.05) is 11.9 Å². The molecule has 0 radical (unpaired) electrons. The van der Waals surface area contributed by atoms with Crippen molar-refractivity contribution in [3.05, 3.63) is 17.6 Å². The van der Waals surface area contributed by atoms with Gasteiger partial charge in [0.25, 0.3) is 0 Å². The average Bonchev–Trinajstić information content (AvgIpc) is 2.28. The standard InChI is InChI=1S/C14H25N3O/c1-6-14(5,7-8-18)17-12-9-11(4)15-13(16-12)10(2)3/h9-10,18H,6-8H2,1-5H3,(H,15,16,17). The van der Waals surface area contributed by atoms with Crippen LogP contribution in [-0.2, 0) is 0 Å². The smallest absolute Gasteiger partial charge is 0.133 e. The van der Waals surface area contributed by atoms with Gasteiger partial charge >= 0.3 is 0 Å². The van der Waals surface area contributed by atoms with E-state index in [1.807, 2.05) is 13.0 Å². The molecule has 1 heterocycles. The van der Waals surface area contributed by atoms with Gasteiger partial charge in [-0.25, -0.2) is 9.97 Å². The van der Waals surface area contributed by atoms with Gasteiger partial charge in [-0.2, -0.15) is 0 Å². The molecule has 1 rings (SSSR count). The third-order valence-electron chi connectivity index (χ3n) is 3.26. The Labute approximate surface area is 110 Å². The van der Waals surface area contributed by atoms with Gasteiger partial charge in [0.1, 0.15) is 11.6 Å². The van der Waals surface area contributed by atoms with Crippen LogP contribution in [0.3, 0.4) is 0 Å². The van der Waals surface area contributed by atoms with Gasteiger partial charge in [0.15, 0.2) is 0 Å². The maximum Gasteiger partial charge on any atom is 0.133 e. The predicted molar refractivity (Wildman–Crippen MR) is 74.9 cm³/mol. The molecule has 0 aliphatic carbocycles. The van der Waals surface area contributed by atoms with Crippen LogP contribution in [0.4, 0.5) is 5.82 Å². The lowest BCUT2D eigenvalue weighted by molar-refractivity contribution is 0.251. The molecular weight excluding hydrogens is 226 g/mol. The van der Waals surface area contributed by atoms with Crippen LogP contribution in [0.5, 0.6) is 0 Å². The fraction of sp³-hybridized carbons (Fsp3) is 0.714. The van der Waals surface area contributed by atoms with Crippen LogP contribution in [0.1, 0.15) is 58.0 Å². The molecule has 0 aromatic carbocycles. The van der Waals surface area contributed by atoms with Crippen LogP contribution in [0.2, 0.25) is 0 Å². The summed E-state index contributed by atoms with van der Waals surface area (Å²) in [6.07, 6.45) is 1.65. The molecule has 0 amide bonds. The van der Waals surface area contributed by atoms with Crippen molar-refractivity contribution in [3.63, 3.8) is 0 Å². The Morgan fingerprint density at radius 2 is 2.06 bits per heavy atom. The van der Waals surface area contributed by atoms with Crippen molar-refractivity contribution < 1.29 is 5.11 Å². The van der Waals surface area contributed by atoms with Gasteiger partial charge in [-0.05, 0) is 26.7 Å². The lowest BCUT2D eigenvalue weighted by Gasteiger charge is -2.30. The van der Waals surface area contributed by atoms with E-state index >= 15 is 0 Å². The van der Waals surface area contributed by atoms with E-state index in [4.69, 9.17) is 5.11 Å². The predicted octanol–water partition coefficient (Wildman–Crippen LogP) is 2.87. The Hall–Kier alpha value is -1.16.